The molecule has 8 heteroatoms. The predicted molar refractivity (Wildman–Crippen MR) is 97.9 cm³/mol. The molecule has 1 aromatic rings. The molecule has 1 aliphatic rings. The number of primary amides is 1. The van der Waals surface area contributed by atoms with Crippen molar-refractivity contribution < 1.29 is 23.9 Å². The van der Waals surface area contributed by atoms with Crippen LogP contribution in [0.25, 0.3) is 0 Å². The number of rotatable bonds is 7. The third-order valence-electron chi connectivity index (χ3n) is 3.90. The van der Waals surface area contributed by atoms with Crippen LogP contribution in [-0.4, -0.2) is 42.5 Å². The van der Waals surface area contributed by atoms with Crippen molar-refractivity contribution in [3.05, 3.63) is 29.8 Å². The molecule has 0 spiro atoms. The molecule has 3 N–H and O–H groups in total. The number of hydrogen-bond donors (Lipinski definition) is 2. The van der Waals surface area contributed by atoms with E-state index in [0.29, 0.717) is 5.56 Å². The number of esters is 1. The van der Waals surface area contributed by atoms with Crippen LogP contribution in [0.3, 0.4) is 0 Å². The Morgan fingerprint density at radius 1 is 1.35 bits per heavy atom. The van der Waals surface area contributed by atoms with Crippen LogP contribution in [0.2, 0.25) is 0 Å². The fraction of sp³-hybridized carbons (Fsp3) is 0.500. The summed E-state index contributed by atoms with van der Waals surface area (Å²) in [6, 6.07) is 6.09. The van der Waals surface area contributed by atoms with Crippen molar-refractivity contribution in [2.45, 2.75) is 43.8 Å². The number of carbonyl (C=O) groups excluding carboxylic acids is 3. The summed E-state index contributed by atoms with van der Waals surface area (Å²) < 4.78 is 11.0. The fourth-order valence-electron chi connectivity index (χ4n) is 2.58. The first-order valence-corrected chi connectivity index (χ1v) is 9.51. The molecule has 0 saturated carbocycles. The van der Waals surface area contributed by atoms with Gasteiger partial charge in [-0.3, -0.25) is 10.1 Å². The molecule has 2 rings (SSSR count). The van der Waals surface area contributed by atoms with E-state index in [1.807, 2.05) is 17.4 Å². The molecule has 1 heterocycles. The second kappa shape index (κ2) is 9.59. The third-order valence-corrected chi connectivity index (χ3v) is 5.11. The summed E-state index contributed by atoms with van der Waals surface area (Å²) in [7, 11) is 0. The van der Waals surface area contributed by atoms with Crippen molar-refractivity contribution in [1.82, 2.24) is 5.32 Å². The largest absolute Gasteiger partial charge is 0.448 e. The lowest BCUT2D eigenvalue weighted by atomic mass is 10.1. The molecule has 0 aliphatic carbocycles. The van der Waals surface area contributed by atoms with Crippen molar-refractivity contribution in [1.29, 1.82) is 0 Å². The van der Waals surface area contributed by atoms with Gasteiger partial charge in [-0.2, -0.15) is 0 Å². The molecule has 1 aliphatic heterocycles. The minimum atomic E-state index is -1.11. The van der Waals surface area contributed by atoms with Gasteiger partial charge in [0.05, 0.1) is 11.7 Å². The highest BCUT2D eigenvalue weighted by Crippen LogP contribution is 2.27. The summed E-state index contributed by atoms with van der Waals surface area (Å²) in [6.45, 7) is 4.22. The lowest BCUT2D eigenvalue weighted by Crippen LogP contribution is -2.45. The Balaban J connectivity index is 2.07. The number of imide groups is 1. The fourth-order valence-corrected chi connectivity index (χ4v) is 3.69. The first-order valence-electron chi connectivity index (χ1n) is 8.53. The molecule has 1 saturated heterocycles. The Kier molecular flexibility index (Phi) is 7.47. The highest BCUT2D eigenvalue weighted by atomic mass is 32.2. The summed E-state index contributed by atoms with van der Waals surface area (Å²) in [4.78, 5) is 36.3. The average molecular weight is 380 g/mol. The number of urea groups is 1. The Bertz CT molecular complexity index is 659. The highest BCUT2D eigenvalue weighted by Gasteiger charge is 2.29. The first kappa shape index (κ1) is 20.3. The van der Waals surface area contributed by atoms with Crippen molar-refractivity contribution in [3.8, 4) is 0 Å². The summed E-state index contributed by atoms with van der Waals surface area (Å²) in [5.41, 5.74) is 5.35. The second-order valence-electron chi connectivity index (χ2n) is 6.37. The molecular formula is C18H24N2O5S. The van der Waals surface area contributed by atoms with E-state index in [0.717, 1.165) is 30.1 Å². The van der Waals surface area contributed by atoms with Crippen molar-refractivity contribution >= 4 is 29.7 Å². The van der Waals surface area contributed by atoms with Gasteiger partial charge in [-0.1, -0.05) is 26.0 Å². The minimum Gasteiger partial charge on any atom is -0.448 e. The molecule has 0 radical (unpaired) electrons. The molecule has 3 amide bonds. The number of hydrogen-bond acceptors (Lipinski definition) is 6. The molecule has 142 valence electrons. The maximum atomic E-state index is 12.6. The number of thioether (sulfide) groups is 1. The predicted octanol–water partition coefficient (Wildman–Crippen LogP) is 2.33. The van der Waals surface area contributed by atoms with Crippen LogP contribution in [0.1, 0.15) is 37.0 Å². The van der Waals surface area contributed by atoms with E-state index in [-0.39, 0.29) is 12.0 Å². The number of ether oxygens (including phenoxy) is 2. The maximum absolute atomic E-state index is 12.6. The molecule has 0 aromatic heterocycles. The van der Waals surface area contributed by atoms with Crippen molar-refractivity contribution in [3.63, 3.8) is 0 Å². The molecule has 26 heavy (non-hydrogen) atoms. The zero-order valence-electron chi connectivity index (χ0n) is 14.9. The lowest BCUT2D eigenvalue weighted by molar-refractivity contribution is -0.130. The zero-order valence-corrected chi connectivity index (χ0v) is 15.7. The molecule has 2 atom stereocenters. The normalized spacial score (nSPS) is 17.7. The highest BCUT2D eigenvalue weighted by molar-refractivity contribution is 7.99. The van der Waals surface area contributed by atoms with E-state index in [9.17, 15) is 14.4 Å². The van der Waals surface area contributed by atoms with Gasteiger partial charge in [-0.05, 0) is 30.9 Å². The van der Waals surface area contributed by atoms with Crippen LogP contribution < -0.4 is 11.1 Å². The van der Waals surface area contributed by atoms with Crippen LogP contribution in [-0.2, 0) is 14.3 Å². The van der Waals surface area contributed by atoms with Gasteiger partial charge in [0.1, 0.15) is 0 Å². The Hall–Kier alpha value is -2.06. The summed E-state index contributed by atoms with van der Waals surface area (Å²) >= 11 is 1.53. The SMILES string of the molecule is CC(C)[C@@H](OC(=O)c1ccccc1SC[C@H]1CCCO1)C(=O)NC(N)=O. The Morgan fingerprint density at radius 3 is 2.69 bits per heavy atom. The third kappa shape index (κ3) is 5.74. The van der Waals surface area contributed by atoms with E-state index in [1.54, 1.807) is 26.0 Å². The van der Waals surface area contributed by atoms with Gasteiger partial charge >= 0.3 is 12.0 Å². The van der Waals surface area contributed by atoms with E-state index < -0.39 is 24.0 Å². The zero-order chi connectivity index (χ0) is 19.1. The van der Waals surface area contributed by atoms with Crippen LogP contribution in [0, 0.1) is 5.92 Å². The molecule has 7 nitrogen and oxygen atoms in total. The summed E-state index contributed by atoms with van der Waals surface area (Å²) in [6.07, 6.45) is 1.16. The van der Waals surface area contributed by atoms with E-state index >= 15 is 0 Å². The van der Waals surface area contributed by atoms with Crippen LogP contribution >= 0.6 is 11.8 Å². The molecular weight excluding hydrogens is 356 g/mol. The van der Waals surface area contributed by atoms with Crippen LogP contribution in [0.4, 0.5) is 4.79 Å². The van der Waals surface area contributed by atoms with Gasteiger partial charge in [-0.15, -0.1) is 11.8 Å². The quantitative estimate of drug-likeness (QED) is 0.555. The van der Waals surface area contributed by atoms with E-state index in [1.165, 1.54) is 11.8 Å². The van der Waals surface area contributed by atoms with Crippen LogP contribution in [0.15, 0.2) is 29.2 Å². The topological polar surface area (TPSA) is 108 Å². The van der Waals surface area contributed by atoms with Gasteiger partial charge in [0.2, 0.25) is 0 Å². The van der Waals surface area contributed by atoms with E-state index in [4.69, 9.17) is 15.2 Å². The first-order chi connectivity index (χ1) is 12.4. The number of nitrogens with two attached hydrogens (primary N) is 1. The van der Waals surface area contributed by atoms with Gasteiger partial charge < -0.3 is 15.2 Å². The van der Waals surface area contributed by atoms with Gasteiger partial charge in [0, 0.05) is 17.3 Å². The summed E-state index contributed by atoms with van der Waals surface area (Å²) in [5.74, 6) is -0.908. The monoisotopic (exact) mass is 380 g/mol. The number of nitrogens with one attached hydrogen (secondary N) is 1. The lowest BCUT2D eigenvalue weighted by Gasteiger charge is -2.20. The van der Waals surface area contributed by atoms with Gasteiger partial charge in [0.15, 0.2) is 6.10 Å². The van der Waals surface area contributed by atoms with Gasteiger partial charge in [0.25, 0.3) is 5.91 Å². The van der Waals surface area contributed by atoms with Crippen molar-refractivity contribution in [2.24, 2.45) is 11.7 Å². The Labute approximate surface area is 157 Å². The second-order valence-corrected chi connectivity index (χ2v) is 7.43. The molecule has 1 aromatic carbocycles. The van der Waals surface area contributed by atoms with E-state index in [2.05, 4.69) is 0 Å². The van der Waals surface area contributed by atoms with Crippen molar-refractivity contribution in [2.75, 3.05) is 12.4 Å². The average Bonchev–Trinajstić information content (AvgIpc) is 3.10. The summed E-state index contributed by atoms with van der Waals surface area (Å²) in [5, 5.41) is 1.96. The smallest absolute Gasteiger partial charge is 0.340 e. The number of amides is 3. The maximum Gasteiger partial charge on any atom is 0.340 e. The van der Waals surface area contributed by atoms with Gasteiger partial charge in [-0.25, -0.2) is 9.59 Å². The number of carbonyl (C=O) groups is 3. The minimum absolute atomic E-state index is 0.189. The molecule has 0 bridgehead atoms. The Morgan fingerprint density at radius 2 is 2.08 bits per heavy atom. The standard InChI is InChI=1S/C18H24N2O5S/c1-11(2)15(16(21)20-18(19)23)25-17(22)13-7-3-4-8-14(13)26-10-12-6-5-9-24-12/h3-4,7-8,11-12,15H,5-6,9-10H2,1-2H3,(H3,19,20,21,23)/t12-,15-/m1/s1. The number of benzene rings is 1. The molecule has 0 unspecified atom stereocenters. The van der Waals surface area contributed by atoms with Crippen LogP contribution in [0.5, 0.6) is 0 Å². The molecule has 1 fully saturated rings.